The van der Waals surface area contributed by atoms with E-state index in [-0.39, 0.29) is 6.61 Å². The van der Waals surface area contributed by atoms with E-state index in [0.717, 1.165) is 29.5 Å². The summed E-state index contributed by atoms with van der Waals surface area (Å²) < 4.78 is 5.58. The quantitative estimate of drug-likeness (QED) is 0.417. The van der Waals surface area contributed by atoms with E-state index in [9.17, 15) is 0 Å². The fourth-order valence-corrected chi connectivity index (χ4v) is 2.50. The van der Waals surface area contributed by atoms with Gasteiger partial charge in [0, 0.05) is 27.3 Å². The zero-order chi connectivity index (χ0) is 15.7. The minimum atomic E-state index is -1.06. The summed E-state index contributed by atoms with van der Waals surface area (Å²) in [4.78, 5) is 4.45. The third kappa shape index (κ3) is 7.31. The van der Waals surface area contributed by atoms with Crippen LogP contribution in [0.25, 0.3) is 0 Å². The normalized spacial score (nSPS) is 12.5. The number of nitrogens with one attached hydrogen (secondary N) is 1. The highest BCUT2D eigenvalue weighted by atomic mass is 28.3. The van der Waals surface area contributed by atoms with Gasteiger partial charge in [0.05, 0.1) is 12.3 Å². The van der Waals surface area contributed by atoms with Crippen LogP contribution < -0.4 is 0 Å². The Bertz CT molecular complexity index is 464. The van der Waals surface area contributed by atoms with Gasteiger partial charge in [-0.3, -0.25) is 4.99 Å². The lowest BCUT2D eigenvalue weighted by atomic mass is 10.1. The maximum atomic E-state index is 9.05. The molecule has 0 atom stereocenters. The van der Waals surface area contributed by atoms with Gasteiger partial charge >= 0.3 is 0 Å². The average Bonchev–Trinajstić information content (AvgIpc) is 2.45. The molecule has 0 heterocycles. The molecule has 0 saturated carbocycles. The van der Waals surface area contributed by atoms with Gasteiger partial charge in [-0.05, 0) is 17.2 Å². The second-order valence-electron chi connectivity index (χ2n) is 6.22. The van der Waals surface area contributed by atoms with Crippen molar-refractivity contribution in [3.63, 3.8) is 0 Å². The molecule has 21 heavy (non-hydrogen) atoms. The molecule has 0 amide bonds. The molecule has 0 unspecified atom stereocenters. The van der Waals surface area contributed by atoms with E-state index in [4.69, 9.17) is 15.3 Å². The highest BCUT2D eigenvalue weighted by Gasteiger charge is 2.11. The molecule has 1 rings (SSSR count). The SMILES string of the molecule is C[Si](C)(C)CCOCN=C(CC=N)c1ccc(CO)cc1. The predicted octanol–water partition coefficient (Wildman–Crippen LogP) is 3.32. The van der Waals surface area contributed by atoms with Gasteiger partial charge in [0.1, 0.15) is 6.73 Å². The number of hydrogen-bond acceptors (Lipinski definition) is 4. The van der Waals surface area contributed by atoms with Crippen molar-refractivity contribution in [2.45, 2.75) is 38.7 Å². The highest BCUT2D eigenvalue weighted by molar-refractivity contribution is 6.76. The molecule has 0 saturated heterocycles. The van der Waals surface area contributed by atoms with Crippen molar-refractivity contribution in [1.29, 1.82) is 5.41 Å². The van der Waals surface area contributed by atoms with Gasteiger partial charge in [-0.2, -0.15) is 0 Å². The Morgan fingerprint density at radius 2 is 1.95 bits per heavy atom. The zero-order valence-corrected chi connectivity index (χ0v) is 14.2. The number of benzene rings is 1. The Morgan fingerprint density at radius 1 is 1.29 bits per heavy atom. The summed E-state index contributed by atoms with van der Waals surface area (Å²) in [5, 5.41) is 16.3. The Hall–Kier alpha value is -1.30. The van der Waals surface area contributed by atoms with Crippen molar-refractivity contribution in [1.82, 2.24) is 0 Å². The lowest BCUT2D eigenvalue weighted by molar-refractivity contribution is 0.155. The summed E-state index contributed by atoms with van der Waals surface area (Å²) in [6, 6.07) is 8.74. The van der Waals surface area contributed by atoms with Crippen LogP contribution in [-0.4, -0.2) is 38.4 Å². The predicted molar refractivity (Wildman–Crippen MR) is 91.3 cm³/mol. The fraction of sp³-hybridized carbons (Fsp3) is 0.500. The lowest BCUT2D eigenvalue weighted by Gasteiger charge is -2.14. The van der Waals surface area contributed by atoms with Crippen LogP contribution in [0.2, 0.25) is 25.7 Å². The van der Waals surface area contributed by atoms with Crippen LogP contribution in [0, 0.1) is 5.41 Å². The van der Waals surface area contributed by atoms with Gasteiger partial charge in [0.25, 0.3) is 0 Å². The van der Waals surface area contributed by atoms with Crippen molar-refractivity contribution in [3.8, 4) is 0 Å². The Kier molecular flexibility index (Phi) is 7.49. The molecule has 0 spiro atoms. The number of aliphatic imine (C=N–C) groups is 1. The Balaban J connectivity index is 2.58. The van der Waals surface area contributed by atoms with Crippen molar-refractivity contribution in [3.05, 3.63) is 35.4 Å². The molecule has 0 fully saturated rings. The van der Waals surface area contributed by atoms with Gasteiger partial charge in [-0.15, -0.1) is 0 Å². The third-order valence-corrected chi connectivity index (χ3v) is 4.81. The van der Waals surface area contributed by atoms with Crippen LogP contribution in [0.1, 0.15) is 17.5 Å². The molecule has 5 heteroatoms. The summed E-state index contributed by atoms with van der Waals surface area (Å²) in [5.41, 5.74) is 2.70. The molecule has 0 aliphatic rings. The minimum absolute atomic E-state index is 0.0388. The second kappa shape index (κ2) is 8.87. The van der Waals surface area contributed by atoms with Gasteiger partial charge < -0.3 is 15.3 Å². The lowest BCUT2D eigenvalue weighted by Crippen LogP contribution is -2.21. The number of ether oxygens (including phenoxy) is 1. The average molecular weight is 306 g/mol. The van der Waals surface area contributed by atoms with E-state index < -0.39 is 8.07 Å². The van der Waals surface area contributed by atoms with Gasteiger partial charge in [0.2, 0.25) is 0 Å². The fourth-order valence-electron chi connectivity index (χ4n) is 1.74. The van der Waals surface area contributed by atoms with Crippen LogP contribution in [-0.2, 0) is 11.3 Å². The van der Waals surface area contributed by atoms with Gasteiger partial charge in [0.15, 0.2) is 0 Å². The minimum Gasteiger partial charge on any atom is -0.392 e. The maximum absolute atomic E-state index is 9.05. The Labute approximate surface area is 128 Å². The molecule has 116 valence electrons. The topological polar surface area (TPSA) is 65.7 Å². The largest absolute Gasteiger partial charge is 0.392 e. The van der Waals surface area contributed by atoms with Crippen molar-refractivity contribution < 1.29 is 9.84 Å². The summed E-state index contributed by atoms with van der Waals surface area (Å²) >= 11 is 0. The molecule has 1 aromatic rings. The van der Waals surface area contributed by atoms with Crippen LogP contribution in [0.3, 0.4) is 0 Å². The van der Waals surface area contributed by atoms with E-state index in [2.05, 4.69) is 24.6 Å². The standard InChI is InChI=1S/C16H26N2O2Si/c1-21(2,3)11-10-20-13-18-16(8-9-17)15-6-4-14(12-19)5-7-15/h4-7,9,17,19H,8,10-13H2,1-3H3. The van der Waals surface area contributed by atoms with Crippen LogP contribution >= 0.6 is 0 Å². The number of nitrogens with zero attached hydrogens (tertiary/aromatic N) is 1. The summed E-state index contributed by atoms with van der Waals surface area (Å²) in [6.07, 6.45) is 1.84. The number of rotatable bonds is 9. The van der Waals surface area contributed by atoms with Crippen LogP contribution in [0.4, 0.5) is 0 Å². The molecular formula is C16H26N2O2Si. The van der Waals surface area contributed by atoms with Crippen molar-refractivity contribution in [2.75, 3.05) is 13.3 Å². The molecule has 2 N–H and O–H groups in total. The highest BCUT2D eigenvalue weighted by Crippen LogP contribution is 2.09. The third-order valence-electron chi connectivity index (χ3n) is 3.11. The molecule has 0 aromatic heterocycles. The maximum Gasteiger partial charge on any atom is 0.137 e. The first kappa shape index (κ1) is 17.7. The van der Waals surface area contributed by atoms with E-state index in [1.807, 2.05) is 24.3 Å². The number of hydrogen-bond donors (Lipinski definition) is 2. The molecule has 4 nitrogen and oxygen atoms in total. The smallest absolute Gasteiger partial charge is 0.137 e. The summed E-state index contributed by atoms with van der Waals surface area (Å²) in [7, 11) is -1.06. The van der Waals surface area contributed by atoms with E-state index in [1.54, 1.807) is 0 Å². The van der Waals surface area contributed by atoms with E-state index >= 15 is 0 Å². The monoisotopic (exact) mass is 306 g/mol. The first-order chi connectivity index (χ1) is 9.96. The molecule has 0 bridgehead atoms. The van der Waals surface area contributed by atoms with E-state index in [0.29, 0.717) is 13.2 Å². The molecule has 0 aliphatic carbocycles. The van der Waals surface area contributed by atoms with Gasteiger partial charge in [-0.1, -0.05) is 43.9 Å². The molecule has 1 aromatic carbocycles. The molecule has 0 radical (unpaired) electrons. The first-order valence-electron chi connectivity index (χ1n) is 7.26. The number of aliphatic hydroxyl groups excluding tert-OH is 1. The van der Waals surface area contributed by atoms with Crippen LogP contribution in [0.15, 0.2) is 29.3 Å². The van der Waals surface area contributed by atoms with Gasteiger partial charge in [-0.25, -0.2) is 0 Å². The summed E-state index contributed by atoms with van der Waals surface area (Å²) in [5.74, 6) is 0. The van der Waals surface area contributed by atoms with Crippen LogP contribution in [0.5, 0.6) is 0 Å². The zero-order valence-electron chi connectivity index (χ0n) is 13.2. The Morgan fingerprint density at radius 3 is 2.48 bits per heavy atom. The first-order valence-corrected chi connectivity index (χ1v) is 11.0. The molecule has 0 aliphatic heterocycles. The second-order valence-corrected chi connectivity index (χ2v) is 11.8. The molecular weight excluding hydrogens is 280 g/mol. The van der Waals surface area contributed by atoms with Crippen molar-refractivity contribution in [2.24, 2.45) is 4.99 Å². The van der Waals surface area contributed by atoms with E-state index in [1.165, 1.54) is 6.21 Å². The summed E-state index contributed by atoms with van der Waals surface area (Å²) in [6.45, 7) is 8.10. The number of aliphatic hydroxyl groups is 1. The van der Waals surface area contributed by atoms with Crippen molar-refractivity contribution >= 4 is 20.0 Å².